The SMILES string of the molecule is CC1(C)CC(NC(=O)C2C3CCCC32)c2cc(N)ccc2O1.Cl. The minimum absolute atomic E-state index is 0. The average Bonchev–Trinajstić information content (AvgIpc) is 2.93. The lowest BCUT2D eigenvalue weighted by molar-refractivity contribution is -0.124. The van der Waals surface area contributed by atoms with Gasteiger partial charge in [0, 0.05) is 23.6 Å². The van der Waals surface area contributed by atoms with Crippen LogP contribution >= 0.6 is 12.4 Å². The minimum atomic E-state index is -0.277. The maximum atomic E-state index is 12.6. The molecule has 2 aliphatic carbocycles. The van der Waals surface area contributed by atoms with Crippen LogP contribution in [0.5, 0.6) is 5.75 Å². The lowest BCUT2D eigenvalue weighted by Gasteiger charge is -2.38. The van der Waals surface area contributed by atoms with Gasteiger partial charge in [-0.25, -0.2) is 0 Å². The van der Waals surface area contributed by atoms with E-state index < -0.39 is 0 Å². The van der Waals surface area contributed by atoms with Crippen molar-refractivity contribution in [2.45, 2.75) is 51.2 Å². The van der Waals surface area contributed by atoms with Gasteiger partial charge in [-0.3, -0.25) is 4.79 Å². The van der Waals surface area contributed by atoms with Gasteiger partial charge in [0.15, 0.2) is 0 Å². The first kappa shape index (κ1) is 16.4. The highest BCUT2D eigenvalue weighted by atomic mass is 35.5. The highest BCUT2D eigenvalue weighted by Gasteiger charge is 2.56. The van der Waals surface area contributed by atoms with E-state index >= 15 is 0 Å². The van der Waals surface area contributed by atoms with Crippen molar-refractivity contribution in [1.82, 2.24) is 5.32 Å². The Labute approximate surface area is 143 Å². The van der Waals surface area contributed by atoms with Gasteiger partial charge in [-0.05, 0) is 56.7 Å². The molecule has 0 saturated heterocycles. The Bertz CT molecular complexity index is 621. The first-order valence-corrected chi connectivity index (χ1v) is 8.33. The van der Waals surface area contributed by atoms with Crippen LogP contribution in [0.3, 0.4) is 0 Å². The number of ether oxygens (including phenoxy) is 1. The summed E-state index contributed by atoms with van der Waals surface area (Å²) in [7, 11) is 0. The maximum Gasteiger partial charge on any atom is 0.224 e. The molecule has 4 nitrogen and oxygen atoms in total. The Morgan fingerprint density at radius 3 is 2.70 bits per heavy atom. The predicted octanol–water partition coefficient (Wildman–Crippen LogP) is 3.46. The zero-order valence-electron chi connectivity index (χ0n) is 13.7. The number of nitrogens with one attached hydrogen (secondary N) is 1. The van der Waals surface area contributed by atoms with Crippen LogP contribution in [-0.2, 0) is 4.79 Å². The van der Waals surface area contributed by atoms with E-state index in [9.17, 15) is 4.79 Å². The number of benzene rings is 1. The molecule has 2 fully saturated rings. The molecule has 0 aromatic heterocycles. The second kappa shape index (κ2) is 5.59. The highest BCUT2D eigenvalue weighted by molar-refractivity contribution is 5.85. The van der Waals surface area contributed by atoms with E-state index in [-0.39, 0.29) is 35.9 Å². The zero-order chi connectivity index (χ0) is 15.5. The van der Waals surface area contributed by atoms with Gasteiger partial charge in [-0.2, -0.15) is 0 Å². The molecule has 5 heteroatoms. The summed E-state index contributed by atoms with van der Waals surface area (Å²) in [5.41, 5.74) is 7.37. The quantitative estimate of drug-likeness (QED) is 0.813. The van der Waals surface area contributed by atoms with Crippen LogP contribution in [0, 0.1) is 17.8 Å². The standard InChI is InChI=1S/C18H24N2O2.ClH/c1-18(2)9-14(13-8-10(19)6-7-15(13)22-18)20-17(21)16-11-4-3-5-12(11)16;/h6-8,11-12,14,16H,3-5,9,19H2,1-2H3,(H,20,21);1H. The molecule has 2 saturated carbocycles. The van der Waals surface area contributed by atoms with Gasteiger partial charge in [0.2, 0.25) is 5.91 Å². The van der Waals surface area contributed by atoms with E-state index in [1.165, 1.54) is 19.3 Å². The summed E-state index contributed by atoms with van der Waals surface area (Å²) in [5.74, 6) is 2.61. The molecule has 4 rings (SSSR count). The van der Waals surface area contributed by atoms with Crippen LogP contribution in [0.4, 0.5) is 5.69 Å². The fourth-order valence-electron chi connectivity index (χ4n) is 4.48. The number of amides is 1. The number of carbonyl (C=O) groups excluding carboxylic acids is 1. The summed E-state index contributed by atoms with van der Waals surface area (Å²) in [6.07, 6.45) is 4.52. The number of carbonyl (C=O) groups is 1. The molecule has 3 unspecified atom stereocenters. The third-order valence-corrected chi connectivity index (χ3v) is 5.52. The fraction of sp³-hybridized carbons (Fsp3) is 0.611. The second-order valence-electron chi connectivity index (χ2n) is 7.71. The molecule has 0 bridgehead atoms. The molecule has 1 amide bonds. The van der Waals surface area contributed by atoms with E-state index in [2.05, 4.69) is 19.2 Å². The second-order valence-corrected chi connectivity index (χ2v) is 7.71. The van der Waals surface area contributed by atoms with Gasteiger partial charge >= 0.3 is 0 Å². The molecule has 1 aliphatic heterocycles. The molecule has 1 aromatic carbocycles. The molecule has 0 radical (unpaired) electrons. The van der Waals surface area contributed by atoms with Crippen LogP contribution in [-0.4, -0.2) is 11.5 Å². The largest absolute Gasteiger partial charge is 0.487 e. The Morgan fingerprint density at radius 1 is 1.30 bits per heavy atom. The summed E-state index contributed by atoms with van der Waals surface area (Å²) < 4.78 is 6.03. The predicted molar refractivity (Wildman–Crippen MR) is 92.6 cm³/mol. The van der Waals surface area contributed by atoms with Gasteiger partial charge in [-0.15, -0.1) is 12.4 Å². The molecule has 1 heterocycles. The summed E-state index contributed by atoms with van der Waals surface area (Å²) >= 11 is 0. The molecule has 23 heavy (non-hydrogen) atoms. The molecule has 3 aliphatic rings. The van der Waals surface area contributed by atoms with E-state index in [4.69, 9.17) is 10.5 Å². The van der Waals surface area contributed by atoms with Crippen molar-refractivity contribution in [2.24, 2.45) is 17.8 Å². The summed E-state index contributed by atoms with van der Waals surface area (Å²) in [6, 6.07) is 5.70. The smallest absolute Gasteiger partial charge is 0.224 e. The average molecular weight is 337 g/mol. The van der Waals surface area contributed by atoms with E-state index in [1.54, 1.807) is 0 Å². The van der Waals surface area contributed by atoms with Gasteiger partial charge in [0.1, 0.15) is 11.4 Å². The van der Waals surface area contributed by atoms with Crippen LogP contribution in [0.2, 0.25) is 0 Å². The van der Waals surface area contributed by atoms with Crippen LogP contribution in [0.15, 0.2) is 18.2 Å². The van der Waals surface area contributed by atoms with Crippen LogP contribution in [0.1, 0.15) is 51.1 Å². The number of fused-ring (bicyclic) bond motifs is 2. The number of nitrogens with two attached hydrogens (primary N) is 1. The fourth-order valence-corrected chi connectivity index (χ4v) is 4.48. The zero-order valence-corrected chi connectivity index (χ0v) is 14.5. The monoisotopic (exact) mass is 336 g/mol. The molecule has 1 aromatic rings. The normalized spacial score (nSPS) is 32.8. The van der Waals surface area contributed by atoms with Crippen molar-refractivity contribution in [1.29, 1.82) is 0 Å². The first-order chi connectivity index (χ1) is 10.4. The van der Waals surface area contributed by atoms with Gasteiger partial charge in [-0.1, -0.05) is 6.42 Å². The van der Waals surface area contributed by atoms with E-state index in [1.807, 2.05) is 18.2 Å². The third-order valence-electron chi connectivity index (χ3n) is 5.52. The van der Waals surface area contributed by atoms with Crippen molar-refractivity contribution < 1.29 is 9.53 Å². The Balaban J connectivity index is 0.00000156. The number of halogens is 1. The third kappa shape index (κ3) is 2.89. The van der Waals surface area contributed by atoms with Gasteiger partial charge < -0.3 is 15.8 Å². The van der Waals surface area contributed by atoms with Crippen LogP contribution in [0.25, 0.3) is 0 Å². The molecule has 0 spiro atoms. The summed E-state index contributed by atoms with van der Waals surface area (Å²) in [5, 5.41) is 3.27. The number of anilines is 1. The topological polar surface area (TPSA) is 64.4 Å². The number of hydrogen-bond donors (Lipinski definition) is 2. The van der Waals surface area contributed by atoms with Crippen molar-refractivity contribution in [2.75, 3.05) is 5.73 Å². The Kier molecular flexibility index (Phi) is 3.99. The molecule has 3 atom stereocenters. The van der Waals surface area contributed by atoms with E-state index in [0.717, 1.165) is 17.7 Å². The Morgan fingerprint density at radius 2 is 2.00 bits per heavy atom. The van der Waals surface area contributed by atoms with Crippen molar-refractivity contribution in [3.05, 3.63) is 23.8 Å². The van der Waals surface area contributed by atoms with Crippen LogP contribution < -0.4 is 15.8 Å². The summed E-state index contributed by atoms with van der Waals surface area (Å²) in [6.45, 7) is 4.13. The lowest BCUT2D eigenvalue weighted by atomic mass is 9.89. The lowest BCUT2D eigenvalue weighted by Crippen LogP contribution is -2.42. The minimum Gasteiger partial charge on any atom is -0.487 e. The van der Waals surface area contributed by atoms with Gasteiger partial charge in [0.25, 0.3) is 0 Å². The number of hydrogen-bond acceptors (Lipinski definition) is 3. The molecule has 3 N–H and O–H groups in total. The molecule has 126 valence electrons. The molecular formula is C18H25ClN2O2. The summed E-state index contributed by atoms with van der Waals surface area (Å²) in [4.78, 5) is 12.6. The van der Waals surface area contributed by atoms with Crippen molar-refractivity contribution in [3.63, 3.8) is 0 Å². The van der Waals surface area contributed by atoms with E-state index in [0.29, 0.717) is 17.5 Å². The van der Waals surface area contributed by atoms with Gasteiger partial charge in [0.05, 0.1) is 6.04 Å². The van der Waals surface area contributed by atoms with Crippen molar-refractivity contribution in [3.8, 4) is 5.75 Å². The number of nitrogen functional groups attached to an aromatic ring is 1. The van der Waals surface area contributed by atoms with Crippen molar-refractivity contribution >= 4 is 24.0 Å². The number of rotatable bonds is 2. The first-order valence-electron chi connectivity index (χ1n) is 8.33. The Hall–Kier alpha value is -1.42. The highest BCUT2D eigenvalue weighted by Crippen LogP contribution is 2.57. The maximum absolute atomic E-state index is 12.6. The molecular weight excluding hydrogens is 312 g/mol.